The number of benzene rings is 10. The molecule has 5 heteroatoms. The predicted molar refractivity (Wildman–Crippen MR) is 256 cm³/mol. The Hall–Kier alpha value is -8.41. The van der Waals surface area contributed by atoms with E-state index >= 15 is 0 Å². The Morgan fingerprint density at radius 3 is 1.79 bits per heavy atom. The monoisotopic (exact) mass is 790 g/mol. The maximum absolute atomic E-state index is 6.65. The first-order chi connectivity index (χ1) is 30.7. The molecule has 0 saturated carbocycles. The van der Waals surface area contributed by atoms with Crippen molar-refractivity contribution < 1.29 is 4.42 Å². The van der Waals surface area contributed by atoms with Crippen LogP contribution in [-0.4, -0.2) is 19.5 Å². The van der Waals surface area contributed by atoms with Crippen molar-refractivity contribution in [1.82, 2.24) is 19.5 Å². The minimum atomic E-state index is 0.586. The summed E-state index contributed by atoms with van der Waals surface area (Å²) in [4.78, 5) is 15.5. The summed E-state index contributed by atoms with van der Waals surface area (Å²) >= 11 is 0. The molecule has 0 N–H and O–H groups in total. The lowest BCUT2D eigenvalue weighted by molar-refractivity contribution is 0.669. The molecule has 5 nitrogen and oxygen atoms in total. The standard InChI is InChI=1S/C57H34N4O/c1-3-15-36(16-4-1)46-34-49-54(44-23-12-11-22-43(44)46)53-42-21-10-9-17-37(42)28-30-48(53)61(49)41-29-31-50-47(33-41)52-45(24-13-25-51(52)62-50)57-59-55(38-18-5-2-6-19-38)58-56(60-57)40-27-26-35-14-7-8-20-39(35)32-40/h1-34H. The van der Waals surface area contributed by atoms with E-state index < -0.39 is 0 Å². The summed E-state index contributed by atoms with van der Waals surface area (Å²) in [5, 5.41) is 11.6. The van der Waals surface area contributed by atoms with E-state index in [9.17, 15) is 0 Å². The van der Waals surface area contributed by atoms with Gasteiger partial charge in [0.25, 0.3) is 0 Å². The number of hydrogen-bond donors (Lipinski definition) is 0. The van der Waals surface area contributed by atoms with Crippen molar-refractivity contribution in [2.75, 3.05) is 0 Å². The van der Waals surface area contributed by atoms with Crippen molar-refractivity contribution in [3.05, 3.63) is 206 Å². The van der Waals surface area contributed by atoms with Crippen LogP contribution in [0, 0.1) is 0 Å². The molecule has 0 aliphatic carbocycles. The molecule has 10 aromatic carbocycles. The maximum Gasteiger partial charge on any atom is 0.164 e. The first kappa shape index (κ1) is 34.5. The Balaban J connectivity index is 1.09. The Morgan fingerprint density at radius 1 is 0.323 bits per heavy atom. The molecule has 0 aliphatic heterocycles. The molecule has 0 bridgehead atoms. The quantitative estimate of drug-likeness (QED) is 0.174. The number of hydrogen-bond acceptors (Lipinski definition) is 4. The smallest absolute Gasteiger partial charge is 0.164 e. The molecule has 0 aliphatic rings. The third-order valence-corrected chi connectivity index (χ3v) is 12.4. The van der Waals surface area contributed by atoms with Crippen molar-refractivity contribution >= 4 is 76.1 Å². The van der Waals surface area contributed by atoms with Gasteiger partial charge < -0.3 is 8.98 Å². The zero-order valence-electron chi connectivity index (χ0n) is 33.3. The summed E-state index contributed by atoms with van der Waals surface area (Å²) in [6.45, 7) is 0. The Labute approximate surface area is 355 Å². The highest BCUT2D eigenvalue weighted by Gasteiger charge is 2.22. The average Bonchev–Trinajstić information content (AvgIpc) is 3.90. The van der Waals surface area contributed by atoms with E-state index in [1.807, 2.05) is 42.5 Å². The molecule has 288 valence electrons. The Morgan fingerprint density at radius 2 is 0.968 bits per heavy atom. The normalized spacial score (nSPS) is 11.9. The highest BCUT2D eigenvalue weighted by molar-refractivity contribution is 6.30. The van der Waals surface area contributed by atoms with Gasteiger partial charge in [0, 0.05) is 43.9 Å². The van der Waals surface area contributed by atoms with Gasteiger partial charge in [-0.2, -0.15) is 0 Å². The van der Waals surface area contributed by atoms with E-state index in [-0.39, 0.29) is 0 Å². The predicted octanol–water partition coefficient (Wildman–Crippen LogP) is 15.0. The van der Waals surface area contributed by atoms with Gasteiger partial charge in [0.15, 0.2) is 17.5 Å². The first-order valence-electron chi connectivity index (χ1n) is 20.9. The Kier molecular flexibility index (Phi) is 7.54. The molecule has 0 spiro atoms. The van der Waals surface area contributed by atoms with E-state index in [1.165, 1.54) is 48.8 Å². The summed E-state index contributed by atoms with van der Waals surface area (Å²) in [5.74, 6) is 1.82. The first-order valence-corrected chi connectivity index (χ1v) is 20.9. The van der Waals surface area contributed by atoms with E-state index in [2.05, 4.69) is 168 Å². The molecule has 13 aromatic rings. The summed E-state index contributed by atoms with van der Waals surface area (Å²) in [6, 6.07) is 72.8. The topological polar surface area (TPSA) is 56.7 Å². The SMILES string of the molecule is c1ccc(-c2nc(-c3ccc4ccccc4c3)nc(-c3cccc4oc5ccc(-n6c7ccc8ccccc8c7c7c8ccccc8c(-c8ccccc8)cc76)cc5c34)n2)cc1. The minimum Gasteiger partial charge on any atom is -0.456 e. The number of nitrogens with zero attached hydrogens (tertiary/aromatic N) is 4. The molecule has 3 aromatic heterocycles. The van der Waals surface area contributed by atoms with Crippen molar-refractivity contribution in [3.63, 3.8) is 0 Å². The lowest BCUT2D eigenvalue weighted by atomic mass is 9.94. The van der Waals surface area contributed by atoms with Gasteiger partial charge in [-0.15, -0.1) is 0 Å². The molecule has 62 heavy (non-hydrogen) atoms. The number of fused-ring (bicyclic) bond motifs is 11. The van der Waals surface area contributed by atoms with Gasteiger partial charge in [-0.25, -0.2) is 15.0 Å². The third-order valence-electron chi connectivity index (χ3n) is 12.4. The second kappa shape index (κ2) is 13.6. The lowest BCUT2D eigenvalue weighted by Gasteiger charge is -2.12. The van der Waals surface area contributed by atoms with E-state index in [0.29, 0.717) is 17.5 Å². The van der Waals surface area contributed by atoms with Crippen LogP contribution in [0.4, 0.5) is 0 Å². The molecule has 0 fully saturated rings. The van der Waals surface area contributed by atoms with Gasteiger partial charge in [0.05, 0.1) is 11.0 Å². The Bertz CT molecular complexity index is 3920. The molecule has 0 unspecified atom stereocenters. The van der Waals surface area contributed by atoms with Gasteiger partial charge in [0.1, 0.15) is 11.2 Å². The van der Waals surface area contributed by atoms with Crippen molar-refractivity contribution in [2.45, 2.75) is 0 Å². The summed E-state index contributed by atoms with van der Waals surface area (Å²) in [5.41, 5.74) is 10.0. The van der Waals surface area contributed by atoms with Crippen molar-refractivity contribution in [2.24, 2.45) is 0 Å². The summed E-state index contributed by atoms with van der Waals surface area (Å²) < 4.78 is 9.09. The highest BCUT2D eigenvalue weighted by atomic mass is 16.3. The molecular formula is C57H34N4O. The van der Waals surface area contributed by atoms with Crippen LogP contribution in [0.5, 0.6) is 0 Å². The van der Waals surface area contributed by atoms with E-state index in [1.54, 1.807) is 0 Å². The number of furan rings is 1. The minimum absolute atomic E-state index is 0.586. The molecule has 0 amide bonds. The van der Waals surface area contributed by atoms with Crippen LogP contribution in [0.15, 0.2) is 211 Å². The molecule has 0 atom stereocenters. The molecule has 13 rings (SSSR count). The number of rotatable bonds is 5. The van der Waals surface area contributed by atoms with E-state index in [4.69, 9.17) is 19.4 Å². The average molecular weight is 791 g/mol. The largest absolute Gasteiger partial charge is 0.456 e. The van der Waals surface area contributed by atoms with Gasteiger partial charge in [-0.1, -0.05) is 164 Å². The van der Waals surface area contributed by atoms with Crippen LogP contribution in [0.3, 0.4) is 0 Å². The molecule has 0 radical (unpaired) electrons. The fourth-order valence-electron chi connectivity index (χ4n) is 9.58. The van der Waals surface area contributed by atoms with Gasteiger partial charge in [-0.05, 0) is 85.9 Å². The third kappa shape index (κ3) is 5.32. The van der Waals surface area contributed by atoms with Crippen molar-refractivity contribution in [1.29, 1.82) is 0 Å². The van der Waals surface area contributed by atoms with Crippen LogP contribution >= 0.6 is 0 Å². The maximum atomic E-state index is 6.65. The lowest BCUT2D eigenvalue weighted by Crippen LogP contribution is -2.00. The molecule has 3 heterocycles. The van der Waals surface area contributed by atoms with Crippen LogP contribution in [-0.2, 0) is 0 Å². The zero-order chi connectivity index (χ0) is 40.7. The molecular weight excluding hydrogens is 757 g/mol. The highest BCUT2D eigenvalue weighted by Crippen LogP contribution is 2.45. The summed E-state index contributed by atoms with van der Waals surface area (Å²) in [7, 11) is 0. The van der Waals surface area contributed by atoms with E-state index in [0.717, 1.165) is 60.7 Å². The fraction of sp³-hybridized carbons (Fsp3) is 0. The van der Waals surface area contributed by atoms with Gasteiger partial charge in [0.2, 0.25) is 0 Å². The fourth-order valence-corrected chi connectivity index (χ4v) is 9.58. The second-order valence-electron chi connectivity index (χ2n) is 15.9. The van der Waals surface area contributed by atoms with Gasteiger partial charge >= 0.3 is 0 Å². The zero-order valence-corrected chi connectivity index (χ0v) is 33.3. The molecule has 0 saturated heterocycles. The van der Waals surface area contributed by atoms with Crippen LogP contribution < -0.4 is 0 Å². The van der Waals surface area contributed by atoms with Gasteiger partial charge in [-0.3, -0.25) is 0 Å². The van der Waals surface area contributed by atoms with Crippen LogP contribution in [0.2, 0.25) is 0 Å². The van der Waals surface area contributed by atoms with Crippen molar-refractivity contribution in [3.8, 4) is 51.0 Å². The second-order valence-corrected chi connectivity index (χ2v) is 15.9. The van der Waals surface area contributed by atoms with Crippen LogP contribution in [0.25, 0.3) is 127 Å². The number of aromatic nitrogens is 4. The van der Waals surface area contributed by atoms with Crippen LogP contribution in [0.1, 0.15) is 0 Å². The summed E-state index contributed by atoms with van der Waals surface area (Å²) in [6.07, 6.45) is 0.